The van der Waals surface area contributed by atoms with Gasteiger partial charge in [0.25, 0.3) is 0 Å². The van der Waals surface area contributed by atoms with Crippen LogP contribution in [0.25, 0.3) is 22.3 Å². The Morgan fingerprint density at radius 1 is 0.667 bits per heavy atom. The van der Waals surface area contributed by atoms with Gasteiger partial charge in [-0.2, -0.15) is 0 Å². The van der Waals surface area contributed by atoms with Crippen LogP contribution in [0, 0.1) is 0 Å². The number of phenols is 2. The van der Waals surface area contributed by atoms with E-state index >= 15 is 0 Å². The van der Waals surface area contributed by atoms with Crippen LogP contribution in [0.15, 0.2) is 84.9 Å². The van der Waals surface area contributed by atoms with Crippen LogP contribution < -0.4 is 11.5 Å². The van der Waals surface area contributed by atoms with Crippen molar-refractivity contribution in [1.29, 1.82) is 0 Å². The number of phenolic OH excluding ortho intramolecular Hbond substituents is 2. The number of benzene rings is 4. The molecule has 0 saturated heterocycles. The van der Waals surface area contributed by atoms with E-state index in [-0.39, 0.29) is 22.6 Å². The Kier molecular flexibility index (Phi) is 5.69. The lowest BCUT2D eigenvalue weighted by Gasteiger charge is -2.16. The van der Waals surface area contributed by atoms with E-state index < -0.39 is 11.9 Å². The highest BCUT2D eigenvalue weighted by Gasteiger charge is 2.24. The lowest BCUT2D eigenvalue weighted by Crippen LogP contribution is -2.13. The van der Waals surface area contributed by atoms with Gasteiger partial charge in [0, 0.05) is 16.9 Å². The van der Waals surface area contributed by atoms with Crippen LogP contribution in [0.1, 0.15) is 20.7 Å². The topological polar surface area (TPSA) is 136 Å². The minimum atomic E-state index is -1.06. The molecule has 0 amide bonds. The van der Waals surface area contributed by atoms with Gasteiger partial charge < -0.3 is 26.4 Å². The predicted octanol–water partition coefficient (Wildman–Crippen LogP) is 4.59. The standard InChI is InChI=1S/C26H20N2O5/c27-17-10-8-15(9-11-17)19-12-13-21(24(30)23(19)16-4-3-5-18(28)14-16)26(32)33-25(31)20-6-1-2-7-22(20)29/h1-14,29-30H,27-28H2. The van der Waals surface area contributed by atoms with Crippen LogP contribution in [0.3, 0.4) is 0 Å². The number of anilines is 2. The maximum Gasteiger partial charge on any atom is 0.349 e. The van der Waals surface area contributed by atoms with E-state index in [1.165, 1.54) is 30.3 Å². The number of carbonyl (C=O) groups excluding carboxylic acids is 2. The molecule has 0 aliphatic heterocycles. The van der Waals surface area contributed by atoms with Crippen LogP contribution in [-0.2, 0) is 4.74 Å². The molecular formula is C26H20N2O5. The fraction of sp³-hybridized carbons (Fsp3) is 0. The van der Waals surface area contributed by atoms with Gasteiger partial charge >= 0.3 is 11.9 Å². The molecule has 4 aromatic rings. The van der Waals surface area contributed by atoms with Gasteiger partial charge in [0.05, 0.1) is 0 Å². The number of aromatic hydroxyl groups is 2. The van der Waals surface area contributed by atoms with Gasteiger partial charge in [-0.3, -0.25) is 0 Å². The summed E-state index contributed by atoms with van der Waals surface area (Å²) < 4.78 is 4.92. The molecule has 0 spiro atoms. The average molecular weight is 440 g/mol. The van der Waals surface area contributed by atoms with Gasteiger partial charge in [-0.25, -0.2) is 9.59 Å². The molecule has 0 radical (unpaired) electrons. The largest absolute Gasteiger partial charge is 0.507 e. The Hall–Kier alpha value is -4.78. The zero-order chi connectivity index (χ0) is 23.5. The van der Waals surface area contributed by atoms with Gasteiger partial charge in [-0.1, -0.05) is 42.5 Å². The fourth-order valence-electron chi connectivity index (χ4n) is 3.49. The predicted molar refractivity (Wildman–Crippen MR) is 126 cm³/mol. The summed E-state index contributed by atoms with van der Waals surface area (Å²) in [5.74, 6) is -2.79. The number of rotatable bonds is 4. The highest BCUT2D eigenvalue weighted by atomic mass is 16.6. The van der Waals surface area contributed by atoms with Crippen LogP contribution in [0.2, 0.25) is 0 Å². The van der Waals surface area contributed by atoms with Crippen LogP contribution in [0.5, 0.6) is 11.5 Å². The van der Waals surface area contributed by atoms with E-state index in [4.69, 9.17) is 16.2 Å². The number of nitrogens with two attached hydrogens (primary N) is 2. The summed E-state index contributed by atoms with van der Waals surface area (Å²) in [6.45, 7) is 0. The Balaban J connectivity index is 1.79. The van der Waals surface area contributed by atoms with Crippen LogP contribution >= 0.6 is 0 Å². The molecule has 0 unspecified atom stereocenters. The minimum Gasteiger partial charge on any atom is -0.507 e. The van der Waals surface area contributed by atoms with E-state index in [1.54, 1.807) is 54.6 Å². The highest BCUT2D eigenvalue weighted by molar-refractivity contribution is 6.07. The van der Waals surface area contributed by atoms with Crippen molar-refractivity contribution in [3.05, 3.63) is 96.1 Å². The zero-order valence-corrected chi connectivity index (χ0v) is 17.4. The Labute approximate surface area is 189 Å². The van der Waals surface area contributed by atoms with Crippen molar-refractivity contribution in [2.45, 2.75) is 0 Å². The number of esters is 2. The van der Waals surface area contributed by atoms with Crippen molar-refractivity contribution in [3.8, 4) is 33.8 Å². The molecule has 0 saturated carbocycles. The van der Waals surface area contributed by atoms with Gasteiger partial charge in [-0.05, 0) is 59.2 Å². The molecule has 7 nitrogen and oxygen atoms in total. The monoisotopic (exact) mass is 440 g/mol. The van der Waals surface area contributed by atoms with E-state index in [9.17, 15) is 19.8 Å². The average Bonchev–Trinajstić information content (AvgIpc) is 2.79. The first-order chi connectivity index (χ1) is 15.8. The molecular weight excluding hydrogens is 420 g/mol. The third-order valence-corrected chi connectivity index (χ3v) is 5.10. The van der Waals surface area contributed by atoms with Gasteiger partial charge in [0.1, 0.15) is 22.6 Å². The third-order valence-electron chi connectivity index (χ3n) is 5.10. The molecule has 0 heterocycles. The van der Waals surface area contributed by atoms with Crippen molar-refractivity contribution in [2.24, 2.45) is 0 Å². The molecule has 0 aliphatic carbocycles. The van der Waals surface area contributed by atoms with Crippen LogP contribution in [-0.4, -0.2) is 22.2 Å². The van der Waals surface area contributed by atoms with Gasteiger partial charge in [-0.15, -0.1) is 0 Å². The molecule has 0 aromatic heterocycles. The second-order valence-electron chi connectivity index (χ2n) is 7.33. The molecule has 6 N–H and O–H groups in total. The van der Waals surface area contributed by atoms with E-state index in [0.717, 1.165) is 5.56 Å². The van der Waals surface area contributed by atoms with Gasteiger partial charge in [0.2, 0.25) is 0 Å². The Morgan fingerprint density at radius 2 is 1.36 bits per heavy atom. The summed E-state index contributed by atoms with van der Waals surface area (Å²) in [4.78, 5) is 25.1. The molecule has 0 atom stereocenters. The summed E-state index contributed by atoms with van der Waals surface area (Å²) in [7, 11) is 0. The Bertz CT molecular complexity index is 1360. The summed E-state index contributed by atoms with van der Waals surface area (Å²) in [6.07, 6.45) is 0. The summed E-state index contributed by atoms with van der Waals surface area (Å²) in [6, 6.07) is 22.6. The number of carbonyl (C=O) groups is 2. The molecule has 164 valence electrons. The number of para-hydroxylation sites is 1. The molecule has 0 bridgehead atoms. The first-order valence-corrected chi connectivity index (χ1v) is 9.97. The summed E-state index contributed by atoms with van der Waals surface area (Å²) in [5, 5.41) is 20.9. The number of hydrogen-bond donors (Lipinski definition) is 4. The first-order valence-electron chi connectivity index (χ1n) is 9.97. The maximum absolute atomic E-state index is 12.8. The smallest absolute Gasteiger partial charge is 0.349 e. The molecule has 7 heteroatoms. The second kappa shape index (κ2) is 8.76. The van der Waals surface area contributed by atoms with E-state index in [0.29, 0.717) is 28.1 Å². The van der Waals surface area contributed by atoms with Crippen molar-refractivity contribution >= 4 is 23.3 Å². The van der Waals surface area contributed by atoms with Crippen molar-refractivity contribution in [2.75, 3.05) is 11.5 Å². The number of nitrogen functional groups attached to an aromatic ring is 2. The minimum absolute atomic E-state index is 0.167. The molecule has 0 fully saturated rings. The molecule has 4 aromatic carbocycles. The normalized spacial score (nSPS) is 10.5. The fourth-order valence-corrected chi connectivity index (χ4v) is 3.49. The maximum atomic E-state index is 12.8. The third kappa shape index (κ3) is 4.33. The lowest BCUT2D eigenvalue weighted by atomic mass is 9.91. The van der Waals surface area contributed by atoms with E-state index in [1.807, 2.05) is 0 Å². The second-order valence-corrected chi connectivity index (χ2v) is 7.33. The van der Waals surface area contributed by atoms with Crippen molar-refractivity contribution < 1.29 is 24.5 Å². The molecule has 4 rings (SSSR count). The molecule has 33 heavy (non-hydrogen) atoms. The number of hydrogen-bond acceptors (Lipinski definition) is 7. The van der Waals surface area contributed by atoms with Gasteiger partial charge in [0.15, 0.2) is 0 Å². The summed E-state index contributed by atoms with van der Waals surface area (Å²) in [5.41, 5.74) is 14.7. The number of ether oxygens (including phenoxy) is 1. The lowest BCUT2D eigenvalue weighted by molar-refractivity contribution is 0.0394. The summed E-state index contributed by atoms with van der Waals surface area (Å²) >= 11 is 0. The zero-order valence-electron chi connectivity index (χ0n) is 17.4. The van der Waals surface area contributed by atoms with Crippen LogP contribution in [0.4, 0.5) is 11.4 Å². The van der Waals surface area contributed by atoms with Crippen molar-refractivity contribution in [3.63, 3.8) is 0 Å². The first kappa shape index (κ1) is 21.5. The highest BCUT2D eigenvalue weighted by Crippen LogP contribution is 2.41. The SMILES string of the molecule is Nc1ccc(-c2ccc(C(=O)OC(=O)c3ccccc3O)c(O)c2-c2cccc(N)c2)cc1. The van der Waals surface area contributed by atoms with Crippen molar-refractivity contribution in [1.82, 2.24) is 0 Å². The Morgan fingerprint density at radius 3 is 2.06 bits per heavy atom. The quantitative estimate of drug-likeness (QED) is 0.207. The molecule has 0 aliphatic rings. The van der Waals surface area contributed by atoms with E-state index in [2.05, 4.69) is 0 Å².